The molecule has 0 radical (unpaired) electrons. The number of hydrogen-bond donors (Lipinski definition) is 2. The van der Waals surface area contributed by atoms with E-state index in [1.54, 1.807) is 0 Å². The van der Waals surface area contributed by atoms with Gasteiger partial charge >= 0.3 is 0 Å². The van der Waals surface area contributed by atoms with Crippen molar-refractivity contribution in [2.24, 2.45) is 5.41 Å². The molecule has 1 saturated carbocycles. The van der Waals surface area contributed by atoms with E-state index < -0.39 is 44.7 Å². The Morgan fingerprint density at radius 2 is 1.60 bits per heavy atom. The molecule has 0 spiro atoms. The summed E-state index contributed by atoms with van der Waals surface area (Å²) in [7, 11) is 0. The number of nitrogens with one attached hydrogen (secondary N) is 2. The van der Waals surface area contributed by atoms with Crippen LogP contribution < -0.4 is 10.6 Å². The SMILES string of the molecule is O=CC1(CNc2ccc(Cl)c(C(=O)Nc3c(F)cccc3F)c2)C(c2ccc(Cl)c(F)c2)C1(Cl)Cl. The van der Waals surface area contributed by atoms with Gasteiger partial charge in [-0.3, -0.25) is 4.79 Å². The van der Waals surface area contributed by atoms with Crippen molar-refractivity contribution >= 4 is 70.0 Å². The minimum Gasteiger partial charge on any atom is -0.384 e. The predicted molar refractivity (Wildman–Crippen MR) is 131 cm³/mol. The third kappa shape index (κ3) is 4.58. The molecule has 2 atom stereocenters. The van der Waals surface area contributed by atoms with E-state index in [2.05, 4.69) is 10.6 Å². The zero-order valence-electron chi connectivity index (χ0n) is 17.5. The van der Waals surface area contributed by atoms with Crippen molar-refractivity contribution in [3.63, 3.8) is 0 Å². The van der Waals surface area contributed by atoms with Gasteiger partial charge in [-0.25, -0.2) is 13.2 Å². The molecular formula is C24H15Cl4F3N2O2. The molecule has 1 fully saturated rings. The van der Waals surface area contributed by atoms with E-state index in [-0.39, 0.29) is 22.2 Å². The number of alkyl halides is 2. The van der Waals surface area contributed by atoms with E-state index >= 15 is 0 Å². The van der Waals surface area contributed by atoms with Crippen molar-refractivity contribution < 1.29 is 22.8 Å². The first kappa shape index (κ1) is 25.6. The molecule has 2 N–H and O–H groups in total. The average molecular weight is 562 g/mol. The Morgan fingerprint density at radius 1 is 0.943 bits per heavy atom. The summed E-state index contributed by atoms with van der Waals surface area (Å²) in [5.74, 6) is -4.15. The summed E-state index contributed by atoms with van der Waals surface area (Å²) in [6.07, 6.45) is 0.599. The van der Waals surface area contributed by atoms with E-state index in [0.717, 1.165) is 18.2 Å². The van der Waals surface area contributed by atoms with Crippen LogP contribution in [-0.4, -0.2) is 23.1 Å². The zero-order valence-corrected chi connectivity index (χ0v) is 20.5. The molecule has 2 unspecified atom stereocenters. The third-order valence-corrected chi connectivity index (χ3v) is 7.68. The topological polar surface area (TPSA) is 58.2 Å². The van der Waals surface area contributed by atoms with Crippen molar-refractivity contribution in [1.82, 2.24) is 0 Å². The lowest BCUT2D eigenvalue weighted by Crippen LogP contribution is -2.23. The number of halogens is 7. The van der Waals surface area contributed by atoms with E-state index in [9.17, 15) is 22.8 Å². The van der Waals surface area contributed by atoms with Crippen molar-refractivity contribution in [1.29, 1.82) is 0 Å². The highest BCUT2D eigenvalue weighted by Gasteiger charge is 2.76. The lowest BCUT2D eigenvalue weighted by molar-refractivity contribution is -0.112. The number of anilines is 2. The largest absolute Gasteiger partial charge is 0.384 e. The van der Waals surface area contributed by atoms with E-state index in [4.69, 9.17) is 46.4 Å². The van der Waals surface area contributed by atoms with Crippen LogP contribution in [0.5, 0.6) is 0 Å². The first-order valence-corrected chi connectivity index (χ1v) is 11.6. The maximum Gasteiger partial charge on any atom is 0.257 e. The summed E-state index contributed by atoms with van der Waals surface area (Å²) in [5.41, 5.74) is -1.25. The smallest absolute Gasteiger partial charge is 0.257 e. The van der Waals surface area contributed by atoms with Gasteiger partial charge in [-0.15, -0.1) is 0 Å². The number of benzene rings is 3. The third-order valence-electron chi connectivity index (χ3n) is 5.90. The van der Waals surface area contributed by atoms with Crippen LogP contribution in [0.25, 0.3) is 0 Å². The molecule has 11 heteroatoms. The van der Waals surface area contributed by atoms with Crippen LogP contribution in [0.3, 0.4) is 0 Å². The van der Waals surface area contributed by atoms with Gasteiger partial charge in [0.05, 0.1) is 21.0 Å². The van der Waals surface area contributed by atoms with Gasteiger partial charge < -0.3 is 15.4 Å². The molecule has 4 rings (SSSR count). The fourth-order valence-corrected chi connectivity index (χ4v) is 5.23. The predicted octanol–water partition coefficient (Wildman–Crippen LogP) is 7.23. The first-order chi connectivity index (χ1) is 16.5. The summed E-state index contributed by atoms with van der Waals surface area (Å²) in [6.45, 7) is -0.0664. The summed E-state index contributed by atoms with van der Waals surface area (Å²) < 4.78 is 40.3. The van der Waals surface area contributed by atoms with Crippen molar-refractivity contribution in [2.45, 2.75) is 10.3 Å². The fraction of sp³-hybridized carbons (Fsp3) is 0.167. The Labute approximate surface area is 218 Å². The molecule has 0 aromatic heterocycles. The number of amides is 1. The summed E-state index contributed by atoms with van der Waals surface area (Å²) in [6, 6.07) is 11.5. The van der Waals surface area contributed by atoms with Crippen LogP contribution in [-0.2, 0) is 4.79 Å². The van der Waals surface area contributed by atoms with Crippen molar-refractivity contribution in [3.8, 4) is 0 Å². The highest BCUT2D eigenvalue weighted by molar-refractivity contribution is 6.54. The summed E-state index contributed by atoms with van der Waals surface area (Å²) in [5, 5.41) is 5.09. The molecule has 3 aromatic rings. The first-order valence-electron chi connectivity index (χ1n) is 10.1. The van der Waals surface area contributed by atoms with Crippen LogP contribution in [0.2, 0.25) is 10.0 Å². The van der Waals surface area contributed by atoms with E-state index in [0.29, 0.717) is 17.5 Å². The Balaban J connectivity index is 1.55. The van der Waals surface area contributed by atoms with Gasteiger partial charge in [0.2, 0.25) is 0 Å². The quantitative estimate of drug-likeness (QED) is 0.236. The molecule has 0 saturated heterocycles. The van der Waals surface area contributed by atoms with Crippen LogP contribution in [0.1, 0.15) is 21.8 Å². The van der Waals surface area contributed by atoms with E-state index in [1.807, 2.05) is 0 Å². The number of aldehydes is 1. The molecular weight excluding hydrogens is 547 g/mol. The van der Waals surface area contributed by atoms with E-state index in [1.165, 1.54) is 36.4 Å². The highest BCUT2D eigenvalue weighted by atomic mass is 35.5. The lowest BCUT2D eigenvalue weighted by Gasteiger charge is -2.15. The number of carbonyl (C=O) groups is 2. The molecule has 1 aliphatic rings. The minimum absolute atomic E-state index is 0.0277. The molecule has 0 aliphatic heterocycles. The second-order valence-electron chi connectivity index (χ2n) is 7.99. The monoisotopic (exact) mass is 560 g/mol. The van der Waals surface area contributed by atoms with Gasteiger partial charge in [-0.1, -0.05) is 58.5 Å². The van der Waals surface area contributed by atoms with Gasteiger partial charge in [-0.2, -0.15) is 0 Å². The van der Waals surface area contributed by atoms with Crippen LogP contribution >= 0.6 is 46.4 Å². The molecule has 35 heavy (non-hydrogen) atoms. The summed E-state index contributed by atoms with van der Waals surface area (Å²) >= 11 is 24.7. The van der Waals surface area contributed by atoms with Crippen LogP contribution in [0, 0.1) is 22.9 Å². The second-order valence-corrected chi connectivity index (χ2v) is 10.2. The molecule has 3 aromatic carbocycles. The summed E-state index contributed by atoms with van der Waals surface area (Å²) in [4.78, 5) is 24.7. The molecule has 0 bridgehead atoms. The second kappa shape index (κ2) is 9.54. The average Bonchev–Trinajstić information content (AvgIpc) is 3.32. The van der Waals surface area contributed by atoms with Crippen LogP contribution in [0.4, 0.5) is 24.5 Å². The van der Waals surface area contributed by atoms with Gasteiger partial charge in [0.1, 0.15) is 33.8 Å². The van der Waals surface area contributed by atoms with Crippen LogP contribution in [0.15, 0.2) is 54.6 Å². The molecule has 1 aliphatic carbocycles. The van der Waals surface area contributed by atoms with Gasteiger partial charge in [0, 0.05) is 18.2 Å². The number of para-hydroxylation sites is 1. The normalized spacial score (nSPS) is 20.3. The lowest BCUT2D eigenvalue weighted by atomic mass is 10.00. The number of carbonyl (C=O) groups excluding carboxylic acids is 2. The standard InChI is InChI=1S/C24H15Cl4F3N2O2/c25-15-7-5-13(9-14(15)22(35)33-20-17(29)2-1-3-18(20)30)32-10-23(11-34)21(24(23,27)28)12-4-6-16(26)19(31)8-12/h1-9,11,21,32H,10H2,(H,33,35). The maximum absolute atomic E-state index is 14.0. The number of rotatable bonds is 7. The Bertz CT molecular complexity index is 1320. The van der Waals surface area contributed by atoms with Gasteiger partial charge in [0.25, 0.3) is 5.91 Å². The Kier molecular flexibility index (Phi) is 6.99. The molecule has 4 nitrogen and oxygen atoms in total. The molecule has 182 valence electrons. The van der Waals surface area contributed by atoms with Crippen molar-refractivity contribution in [2.75, 3.05) is 17.2 Å². The van der Waals surface area contributed by atoms with Gasteiger partial charge in [0.15, 0.2) is 0 Å². The Morgan fingerprint density at radius 3 is 2.23 bits per heavy atom. The Hall–Kier alpha value is -2.45. The molecule has 1 amide bonds. The maximum atomic E-state index is 14.0. The van der Waals surface area contributed by atoms with Gasteiger partial charge in [-0.05, 0) is 48.0 Å². The van der Waals surface area contributed by atoms with Crippen molar-refractivity contribution in [3.05, 3.63) is 93.2 Å². The molecule has 0 heterocycles. The fourth-order valence-electron chi connectivity index (χ4n) is 3.94. The minimum atomic E-state index is -1.53. The zero-order chi connectivity index (χ0) is 25.5. The highest BCUT2D eigenvalue weighted by Crippen LogP contribution is 2.73. The number of hydrogen-bond acceptors (Lipinski definition) is 3.